The van der Waals surface area contributed by atoms with Crippen molar-refractivity contribution in [3.05, 3.63) is 15.0 Å². The van der Waals surface area contributed by atoms with Crippen molar-refractivity contribution in [2.24, 2.45) is 5.92 Å². The van der Waals surface area contributed by atoms with Crippen LogP contribution in [0.1, 0.15) is 45.5 Å². The Labute approximate surface area is 124 Å². The third-order valence-corrected chi connectivity index (χ3v) is 4.26. The van der Waals surface area contributed by atoms with Crippen molar-refractivity contribution in [2.45, 2.75) is 53.5 Å². The van der Waals surface area contributed by atoms with Gasteiger partial charge in [-0.2, -0.15) is 5.10 Å². The average molecular weight is 364 g/mol. The van der Waals surface area contributed by atoms with Crippen molar-refractivity contribution in [3.8, 4) is 0 Å². The number of halogens is 1. The maximum atomic E-state index is 5.67. The zero-order valence-corrected chi connectivity index (χ0v) is 14.2. The van der Waals surface area contributed by atoms with Gasteiger partial charge in [-0.15, -0.1) is 0 Å². The minimum absolute atomic E-state index is 0.716. The molecule has 0 aromatic carbocycles. The summed E-state index contributed by atoms with van der Waals surface area (Å²) in [6, 6.07) is 0. The molecule has 3 nitrogen and oxygen atoms in total. The lowest BCUT2D eigenvalue weighted by Gasteiger charge is -2.08. The van der Waals surface area contributed by atoms with Crippen LogP contribution in [0.3, 0.4) is 0 Å². The highest BCUT2D eigenvalue weighted by atomic mass is 127. The highest BCUT2D eigenvalue weighted by Crippen LogP contribution is 2.18. The Bertz CT molecular complexity index is 361. The predicted octanol–water partition coefficient (Wildman–Crippen LogP) is 3.68. The Hall–Kier alpha value is -0.100. The van der Waals surface area contributed by atoms with Gasteiger partial charge in [0.2, 0.25) is 0 Å². The van der Waals surface area contributed by atoms with E-state index in [1.807, 2.05) is 0 Å². The lowest BCUT2D eigenvalue weighted by Crippen LogP contribution is -2.11. The zero-order chi connectivity index (χ0) is 13.5. The van der Waals surface area contributed by atoms with Crippen molar-refractivity contribution < 1.29 is 4.74 Å². The monoisotopic (exact) mass is 364 g/mol. The number of hydrogen-bond acceptors (Lipinski definition) is 2. The molecule has 0 saturated heterocycles. The second-order valence-electron chi connectivity index (χ2n) is 4.93. The number of nitrogens with zero attached hydrogens (tertiary/aromatic N) is 2. The average Bonchev–Trinajstić information content (AvgIpc) is 2.64. The summed E-state index contributed by atoms with van der Waals surface area (Å²) in [6.45, 7) is 11.3. The van der Waals surface area contributed by atoms with Crippen LogP contribution in [-0.2, 0) is 24.1 Å². The van der Waals surface area contributed by atoms with Crippen LogP contribution in [0.15, 0.2) is 0 Å². The largest absolute Gasteiger partial charge is 0.380 e. The van der Waals surface area contributed by atoms with E-state index in [1.54, 1.807) is 0 Å². The fourth-order valence-electron chi connectivity index (χ4n) is 1.85. The molecule has 0 amide bonds. The standard InChI is InChI=1S/C14H25IN2O/c1-5-12-14(15)13(6-2)17(16-12)8-10-18-9-7-11(3)4/h11H,5-10H2,1-4H3. The molecule has 18 heavy (non-hydrogen) atoms. The summed E-state index contributed by atoms with van der Waals surface area (Å²) in [5, 5.41) is 4.66. The van der Waals surface area contributed by atoms with Crippen LogP contribution >= 0.6 is 22.6 Å². The lowest BCUT2D eigenvalue weighted by atomic mass is 10.1. The number of aryl methyl sites for hydroxylation is 1. The first-order chi connectivity index (χ1) is 8.60. The molecule has 0 aliphatic rings. The number of rotatable bonds is 8. The van der Waals surface area contributed by atoms with Gasteiger partial charge in [0.15, 0.2) is 0 Å². The van der Waals surface area contributed by atoms with E-state index >= 15 is 0 Å². The van der Waals surface area contributed by atoms with E-state index in [4.69, 9.17) is 4.74 Å². The van der Waals surface area contributed by atoms with Gasteiger partial charge >= 0.3 is 0 Å². The fraction of sp³-hybridized carbons (Fsp3) is 0.786. The molecular formula is C14H25IN2O. The molecule has 0 unspecified atom stereocenters. The van der Waals surface area contributed by atoms with E-state index in [9.17, 15) is 0 Å². The molecule has 0 saturated carbocycles. The zero-order valence-electron chi connectivity index (χ0n) is 12.0. The molecule has 0 radical (unpaired) electrons. The van der Waals surface area contributed by atoms with Gasteiger partial charge in [-0.05, 0) is 47.8 Å². The molecule has 1 rings (SSSR count). The molecule has 0 N–H and O–H groups in total. The second kappa shape index (κ2) is 8.15. The van der Waals surface area contributed by atoms with Gasteiger partial charge in [0.25, 0.3) is 0 Å². The quantitative estimate of drug-likeness (QED) is 0.520. The Kier molecular flexibility index (Phi) is 7.22. The third kappa shape index (κ3) is 4.53. The first kappa shape index (κ1) is 16.0. The van der Waals surface area contributed by atoms with Gasteiger partial charge < -0.3 is 4.74 Å². The Morgan fingerprint density at radius 3 is 2.50 bits per heavy atom. The fourth-order valence-corrected chi connectivity index (χ4v) is 3.00. The topological polar surface area (TPSA) is 27.1 Å². The highest BCUT2D eigenvalue weighted by molar-refractivity contribution is 14.1. The van der Waals surface area contributed by atoms with Crippen molar-refractivity contribution in [1.29, 1.82) is 0 Å². The summed E-state index contributed by atoms with van der Waals surface area (Å²) in [5.41, 5.74) is 2.56. The molecule has 4 heteroatoms. The van der Waals surface area contributed by atoms with Crippen molar-refractivity contribution in [1.82, 2.24) is 9.78 Å². The Morgan fingerprint density at radius 2 is 1.94 bits per heavy atom. The molecule has 0 fully saturated rings. The minimum Gasteiger partial charge on any atom is -0.380 e. The van der Waals surface area contributed by atoms with Gasteiger partial charge in [0, 0.05) is 6.61 Å². The van der Waals surface area contributed by atoms with Crippen LogP contribution in [0.5, 0.6) is 0 Å². The van der Waals surface area contributed by atoms with Gasteiger partial charge in [0.1, 0.15) is 0 Å². The van der Waals surface area contributed by atoms with E-state index in [2.05, 4.69) is 60.1 Å². The molecule has 0 bridgehead atoms. The van der Waals surface area contributed by atoms with Gasteiger partial charge in [0.05, 0.1) is 28.1 Å². The van der Waals surface area contributed by atoms with Crippen LogP contribution in [0.25, 0.3) is 0 Å². The molecule has 1 aromatic rings. The molecule has 1 heterocycles. The van der Waals surface area contributed by atoms with Gasteiger partial charge in [-0.1, -0.05) is 27.7 Å². The van der Waals surface area contributed by atoms with Gasteiger partial charge in [-0.3, -0.25) is 4.68 Å². The maximum Gasteiger partial charge on any atom is 0.0758 e. The van der Waals surface area contributed by atoms with Gasteiger partial charge in [-0.25, -0.2) is 0 Å². The lowest BCUT2D eigenvalue weighted by molar-refractivity contribution is 0.113. The molecule has 0 aliphatic carbocycles. The number of hydrogen-bond donors (Lipinski definition) is 0. The first-order valence-corrected chi connectivity index (χ1v) is 7.99. The van der Waals surface area contributed by atoms with Crippen LogP contribution < -0.4 is 0 Å². The molecule has 0 aliphatic heterocycles. The third-order valence-electron chi connectivity index (χ3n) is 3.02. The number of ether oxygens (including phenoxy) is 1. The second-order valence-corrected chi connectivity index (χ2v) is 6.01. The smallest absolute Gasteiger partial charge is 0.0758 e. The molecule has 1 aromatic heterocycles. The molecule has 0 spiro atoms. The summed E-state index contributed by atoms with van der Waals surface area (Å²) in [7, 11) is 0. The summed E-state index contributed by atoms with van der Waals surface area (Å²) < 4.78 is 9.12. The SMILES string of the molecule is CCc1nn(CCOCCC(C)C)c(CC)c1I. The first-order valence-electron chi connectivity index (χ1n) is 6.91. The normalized spacial score (nSPS) is 11.4. The number of aromatic nitrogens is 2. The van der Waals surface area contributed by atoms with Crippen LogP contribution in [0, 0.1) is 9.49 Å². The van der Waals surface area contributed by atoms with E-state index in [-0.39, 0.29) is 0 Å². The summed E-state index contributed by atoms with van der Waals surface area (Å²) in [4.78, 5) is 0. The molecule has 0 atom stereocenters. The summed E-state index contributed by atoms with van der Waals surface area (Å²) in [5.74, 6) is 0.716. The van der Waals surface area contributed by atoms with Crippen LogP contribution in [-0.4, -0.2) is 23.0 Å². The summed E-state index contributed by atoms with van der Waals surface area (Å²) in [6.07, 6.45) is 3.18. The van der Waals surface area contributed by atoms with E-state index < -0.39 is 0 Å². The van der Waals surface area contributed by atoms with Crippen molar-refractivity contribution >= 4 is 22.6 Å². The molecule has 104 valence electrons. The Balaban J connectivity index is 2.46. The highest BCUT2D eigenvalue weighted by Gasteiger charge is 2.12. The predicted molar refractivity (Wildman–Crippen MR) is 84.0 cm³/mol. The van der Waals surface area contributed by atoms with Crippen molar-refractivity contribution in [2.75, 3.05) is 13.2 Å². The maximum absolute atomic E-state index is 5.67. The minimum atomic E-state index is 0.716. The molecular weight excluding hydrogens is 339 g/mol. The van der Waals surface area contributed by atoms with Crippen molar-refractivity contribution in [3.63, 3.8) is 0 Å². The van der Waals surface area contributed by atoms with E-state index in [0.29, 0.717) is 5.92 Å². The van der Waals surface area contributed by atoms with Crippen LogP contribution in [0.2, 0.25) is 0 Å². The summed E-state index contributed by atoms with van der Waals surface area (Å²) >= 11 is 2.41. The van der Waals surface area contributed by atoms with Crippen LogP contribution in [0.4, 0.5) is 0 Å². The van der Waals surface area contributed by atoms with E-state index in [0.717, 1.165) is 39.0 Å². The van der Waals surface area contributed by atoms with E-state index in [1.165, 1.54) is 15.0 Å². The Morgan fingerprint density at radius 1 is 1.22 bits per heavy atom.